The number of phenols is 1. The minimum atomic E-state index is -1.38. The Bertz CT molecular complexity index is 2130. The molecule has 8 atom stereocenters. The van der Waals surface area contributed by atoms with Gasteiger partial charge in [-0.15, -0.1) is 6.58 Å². The van der Waals surface area contributed by atoms with Crippen molar-refractivity contribution in [2.45, 2.75) is 147 Å². The van der Waals surface area contributed by atoms with Gasteiger partial charge in [0.05, 0.1) is 12.9 Å². The number of aryl methyl sites for hydroxylation is 2. The van der Waals surface area contributed by atoms with Crippen molar-refractivity contribution in [1.29, 1.82) is 0 Å². The zero-order valence-electron chi connectivity index (χ0n) is 42.2. The van der Waals surface area contributed by atoms with Gasteiger partial charge >= 0.3 is 5.97 Å². The number of nitrogens with zero attached hydrogens (tertiary/aromatic N) is 3. The van der Waals surface area contributed by atoms with E-state index in [1.165, 1.54) is 23.4 Å². The Morgan fingerprint density at radius 3 is 2.00 bits per heavy atom. The number of nitrogens with one attached hydrogen (secondary N) is 8. The standard InChI is InChI=1S/C49H77N13O10/c1-7-30(5)25-39(45(68)59-37(21-17-32-26-53-28-55-32)47(70)62-23-11-13-40(62)46(69)57-34(8-2)48(71)72)61-43(66)36(20-16-31-14-18-33(63)19-15-31)58-44(67)38(24-29(3)4)60-42(65)35(56-41(64)27-52-6)12-9-10-22-54-49(50)51/h8,14-15,18-19,26,28-30,34-40,52,63H,2,7,9-13,16-17,20-25,27H2,1,3-6H3,(H,53,55)(H,56,64)(H,57,69)(H,58,67)(H,59,68)(H,60,65)(H,61,66)(H,71,72)(H4,50,51,54). The number of aromatic amines is 1. The van der Waals surface area contributed by atoms with Gasteiger partial charge in [-0.25, -0.2) is 9.78 Å². The first-order chi connectivity index (χ1) is 34.3. The summed E-state index contributed by atoms with van der Waals surface area (Å²) in [6.07, 6.45) is 7.53. The van der Waals surface area contributed by atoms with Crippen LogP contribution in [0.5, 0.6) is 5.75 Å². The number of carboxylic acids is 1. The molecular formula is C49H77N13O10. The van der Waals surface area contributed by atoms with Crippen molar-refractivity contribution in [2.24, 2.45) is 28.3 Å². The van der Waals surface area contributed by atoms with Crippen LogP contribution in [0, 0.1) is 11.8 Å². The van der Waals surface area contributed by atoms with Crippen LogP contribution in [-0.2, 0) is 51.2 Å². The Kier molecular flexibility index (Phi) is 25.2. The fourth-order valence-electron chi connectivity index (χ4n) is 8.13. The highest BCUT2D eigenvalue weighted by Gasteiger charge is 2.40. The van der Waals surface area contributed by atoms with Crippen LogP contribution in [0.25, 0.3) is 0 Å². The number of benzene rings is 1. The smallest absolute Gasteiger partial charge is 0.330 e. The maximum Gasteiger partial charge on any atom is 0.330 e. The van der Waals surface area contributed by atoms with E-state index in [9.17, 15) is 48.6 Å². The van der Waals surface area contributed by atoms with E-state index in [4.69, 9.17) is 11.5 Å². The van der Waals surface area contributed by atoms with Crippen LogP contribution in [0.3, 0.4) is 0 Å². The predicted molar refractivity (Wildman–Crippen MR) is 269 cm³/mol. The summed E-state index contributed by atoms with van der Waals surface area (Å²) in [6.45, 7) is 11.4. The van der Waals surface area contributed by atoms with E-state index >= 15 is 0 Å². The Labute approximate surface area is 421 Å². The van der Waals surface area contributed by atoms with E-state index in [1.807, 2.05) is 27.7 Å². The zero-order chi connectivity index (χ0) is 53.3. The van der Waals surface area contributed by atoms with Crippen LogP contribution >= 0.6 is 0 Å². The molecule has 1 saturated heterocycles. The number of aromatic nitrogens is 2. The number of likely N-dealkylation sites (N-methyl/N-ethyl adjacent to an activating group) is 1. The normalized spacial score (nSPS) is 16.1. The van der Waals surface area contributed by atoms with Crippen molar-refractivity contribution in [1.82, 2.24) is 52.1 Å². The summed E-state index contributed by atoms with van der Waals surface area (Å²) >= 11 is 0. The fraction of sp³-hybridized carbons (Fsp3) is 0.592. The second kappa shape index (κ2) is 30.6. The van der Waals surface area contributed by atoms with Gasteiger partial charge in [0.1, 0.15) is 48.0 Å². The molecule has 8 unspecified atom stereocenters. The number of rotatable bonds is 32. The van der Waals surface area contributed by atoms with Crippen molar-refractivity contribution < 1.29 is 48.6 Å². The van der Waals surface area contributed by atoms with Gasteiger partial charge in [0.15, 0.2) is 5.96 Å². The van der Waals surface area contributed by atoms with Crippen LogP contribution in [0.1, 0.15) is 103 Å². The molecule has 0 bridgehead atoms. The molecule has 0 spiro atoms. The molecule has 0 radical (unpaired) electrons. The van der Waals surface area contributed by atoms with Crippen molar-refractivity contribution in [3.63, 3.8) is 0 Å². The van der Waals surface area contributed by atoms with Crippen molar-refractivity contribution in [3.8, 4) is 5.75 Å². The van der Waals surface area contributed by atoms with Gasteiger partial charge < -0.3 is 68.8 Å². The van der Waals surface area contributed by atoms with E-state index in [-0.39, 0.29) is 88.0 Å². The lowest BCUT2D eigenvalue weighted by atomic mass is 9.97. The van der Waals surface area contributed by atoms with Crippen LogP contribution < -0.4 is 48.7 Å². The molecule has 0 saturated carbocycles. The predicted octanol–water partition coefficient (Wildman–Crippen LogP) is -0.00350. The highest BCUT2D eigenvalue weighted by molar-refractivity contribution is 5.97. The van der Waals surface area contributed by atoms with Crippen molar-refractivity contribution in [2.75, 3.05) is 26.7 Å². The van der Waals surface area contributed by atoms with Gasteiger partial charge in [0.25, 0.3) is 0 Å². The van der Waals surface area contributed by atoms with E-state index in [2.05, 4.69) is 58.8 Å². The van der Waals surface area contributed by atoms with Crippen LogP contribution in [0.2, 0.25) is 0 Å². The number of aliphatic imine (C=N–C) groups is 1. The summed E-state index contributed by atoms with van der Waals surface area (Å²) in [5.74, 6) is -6.00. The summed E-state index contributed by atoms with van der Waals surface area (Å²) in [4.78, 5) is 122. The molecule has 1 fully saturated rings. The molecule has 0 aliphatic carbocycles. The molecule has 2 aromatic rings. The molecule has 7 amide bonds. The molecule has 1 aromatic heterocycles. The summed E-state index contributed by atoms with van der Waals surface area (Å²) in [6, 6.07) is -1.94. The van der Waals surface area contributed by atoms with Gasteiger partial charge in [0, 0.05) is 25.0 Å². The lowest BCUT2D eigenvalue weighted by molar-refractivity contribution is -0.144. The molecule has 14 N–H and O–H groups in total. The number of aliphatic carboxylic acids is 1. The monoisotopic (exact) mass is 1010 g/mol. The first kappa shape index (κ1) is 59.3. The van der Waals surface area contributed by atoms with Gasteiger partial charge in [-0.3, -0.25) is 38.6 Å². The first-order valence-electron chi connectivity index (χ1n) is 24.7. The molecule has 23 heteroatoms. The average Bonchev–Trinajstić information content (AvgIpc) is 4.06. The number of amides is 7. The third-order valence-corrected chi connectivity index (χ3v) is 12.3. The molecule has 2 heterocycles. The van der Waals surface area contributed by atoms with E-state index < -0.39 is 89.6 Å². The number of carbonyl (C=O) groups is 8. The molecule has 1 aliphatic rings. The SMILES string of the molecule is C=CC(NC(=O)C1CCCN1C(=O)C(CCc1cnc[nH]1)NC(=O)C(CC(C)CC)NC(=O)C(CCc1ccc(O)cc1)NC(=O)C(CC(C)C)NC(=O)C(CCCCN=C(N)N)NC(=O)CNC)C(=O)O. The average molecular weight is 1010 g/mol. The molecule has 23 nitrogen and oxygen atoms in total. The largest absolute Gasteiger partial charge is 0.508 e. The highest BCUT2D eigenvalue weighted by Crippen LogP contribution is 2.21. The van der Waals surface area contributed by atoms with Gasteiger partial charge in [-0.2, -0.15) is 0 Å². The maximum absolute atomic E-state index is 14.6. The number of unbranched alkanes of at least 4 members (excludes halogenated alkanes) is 1. The fourth-order valence-corrected chi connectivity index (χ4v) is 8.13. The summed E-state index contributed by atoms with van der Waals surface area (Å²) in [5.41, 5.74) is 12.3. The minimum absolute atomic E-state index is 0.0269. The number of carbonyl (C=O) groups excluding carboxylic acids is 7. The third kappa shape index (κ3) is 20.4. The van der Waals surface area contributed by atoms with E-state index in [0.29, 0.717) is 37.9 Å². The number of carboxylic acid groups (broad SMARTS) is 1. The topological polar surface area (TPSA) is 358 Å². The number of H-pyrrole nitrogens is 1. The van der Waals surface area contributed by atoms with Crippen LogP contribution in [0.15, 0.2) is 54.4 Å². The Morgan fingerprint density at radius 2 is 1.43 bits per heavy atom. The summed E-state index contributed by atoms with van der Waals surface area (Å²) in [5, 5.41) is 38.7. The quantitative estimate of drug-likeness (QED) is 0.0199. The Hall–Kier alpha value is -7.04. The summed E-state index contributed by atoms with van der Waals surface area (Å²) < 4.78 is 0. The minimum Gasteiger partial charge on any atom is -0.508 e. The van der Waals surface area contributed by atoms with Gasteiger partial charge in [-0.05, 0) is 107 Å². The first-order valence-corrected chi connectivity index (χ1v) is 24.7. The molecule has 3 rings (SSSR count). The Morgan fingerprint density at radius 1 is 0.833 bits per heavy atom. The van der Waals surface area contributed by atoms with Crippen molar-refractivity contribution >= 4 is 53.3 Å². The summed E-state index contributed by atoms with van der Waals surface area (Å²) in [7, 11) is 1.59. The molecule has 72 heavy (non-hydrogen) atoms. The van der Waals surface area contributed by atoms with E-state index in [0.717, 1.165) is 11.6 Å². The Balaban J connectivity index is 1.95. The maximum atomic E-state index is 14.6. The number of hydrogen-bond donors (Lipinski definition) is 12. The van der Waals surface area contributed by atoms with Crippen LogP contribution in [-0.4, -0.2) is 147 Å². The van der Waals surface area contributed by atoms with E-state index in [1.54, 1.807) is 25.4 Å². The molecule has 398 valence electrons. The molecule has 1 aromatic carbocycles. The lowest BCUT2D eigenvalue weighted by Gasteiger charge is -2.31. The lowest BCUT2D eigenvalue weighted by Crippen LogP contribution is -2.60. The number of phenolic OH excluding ortho intramolecular Hbond substituents is 1. The van der Waals surface area contributed by atoms with Crippen LogP contribution in [0.4, 0.5) is 0 Å². The number of imidazole rings is 1. The molecule has 1 aliphatic heterocycles. The number of nitrogens with two attached hydrogens (primary N) is 2. The number of likely N-dealkylation sites (tertiary alicyclic amines) is 1. The van der Waals surface area contributed by atoms with Crippen molar-refractivity contribution in [3.05, 3.63) is 60.7 Å². The molecular weight excluding hydrogens is 931 g/mol. The van der Waals surface area contributed by atoms with Gasteiger partial charge in [0.2, 0.25) is 41.4 Å². The zero-order valence-corrected chi connectivity index (χ0v) is 42.2. The number of aromatic hydroxyl groups is 1. The second-order valence-electron chi connectivity index (χ2n) is 18.6. The second-order valence-corrected chi connectivity index (χ2v) is 18.6. The third-order valence-electron chi connectivity index (χ3n) is 12.3. The van der Waals surface area contributed by atoms with Gasteiger partial charge in [-0.1, -0.05) is 52.3 Å². The highest BCUT2D eigenvalue weighted by atomic mass is 16.4. The number of hydrogen-bond acceptors (Lipinski definition) is 12. The number of guanidine groups is 1.